The Bertz CT molecular complexity index is 480. The fraction of sp³-hybridized carbons (Fsp3) is 0.364. The standard InChI is InChI=1S/C11H13ClN2O5/c1-19-6-8(15)5-13-11(16)7-2-3-10(14(17)18)9(12)4-7/h2-4,8,15H,5-6H2,1H3,(H,13,16). The number of aliphatic hydroxyl groups is 1. The summed E-state index contributed by atoms with van der Waals surface area (Å²) in [6.45, 7) is 0.114. The smallest absolute Gasteiger partial charge is 0.287 e. The predicted molar refractivity (Wildman–Crippen MR) is 68.3 cm³/mol. The lowest BCUT2D eigenvalue weighted by molar-refractivity contribution is -0.384. The molecule has 1 rings (SSSR count). The largest absolute Gasteiger partial charge is 0.389 e. The van der Waals surface area contributed by atoms with E-state index in [1.807, 2.05) is 0 Å². The van der Waals surface area contributed by atoms with Gasteiger partial charge in [0.2, 0.25) is 0 Å². The van der Waals surface area contributed by atoms with Gasteiger partial charge < -0.3 is 15.2 Å². The number of nitro benzene ring substituents is 1. The third kappa shape index (κ3) is 4.47. The number of carbonyl (C=O) groups is 1. The zero-order valence-corrected chi connectivity index (χ0v) is 10.9. The first-order chi connectivity index (χ1) is 8.95. The van der Waals surface area contributed by atoms with Gasteiger partial charge in [0.15, 0.2) is 0 Å². The number of ether oxygens (including phenoxy) is 1. The highest BCUT2D eigenvalue weighted by molar-refractivity contribution is 6.33. The number of benzene rings is 1. The first-order valence-corrected chi connectivity index (χ1v) is 5.72. The van der Waals surface area contributed by atoms with Crippen LogP contribution < -0.4 is 5.32 Å². The number of nitrogens with one attached hydrogen (secondary N) is 1. The third-order valence-electron chi connectivity index (χ3n) is 2.26. The van der Waals surface area contributed by atoms with E-state index in [9.17, 15) is 20.0 Å². The Morgan fingerprint density at radius 1 is 1.63 bits per heavy atom. The first-order valence-electron chi connectivity index (χ1n) is 5.35. The molecule has 1 aromatic rings. The average molecular weight is 289 g/mol. The van der Waals surface area contributed by atoms with E-state index in [1.165, 1.54) is 19.2 Å². The maximum atomic E-state index is 11.7. The molecule has 1 unspecified atom stereocenters. The molecule has 104 valence electrons. The molecule has 0 radical (unpaired) electrons. The van der Waals surface area contributed by atoms with Gasteiger partial charge >= 0.3 is 0 Å². The van der Waals surface area contributed by atoms with Crippen LogP contribution in [0.2, 0.25) is 5.02 Å². The van der Waals surface area contributed by atoms with E-state index in [1.54, 1.807) is 0 Å². The summed E-state index contributed by atoms with van der Waals surface area (Å²) >= 11 is 5.69. The van der Waals surface area contributed by atoms with Crippen LogP contribution in [0.3, 0.4) is 0 Å². The SMILES string of the molecule is COCC(O)CNC(=O)c1ccc([N+](=O)[O-])c(Cl)c1. The van der Waals surface area contributed by atoms with Gasteiger partial charge in [0, 0.05) is 25.3 Å². The number of rotatable bonds is 6. The Labute approximate surface area is 114 Å². The van der Waals surface area contributed by atoms with Gasteiger partial charge in [0.1, 0.15) is 5.02 Å². The lowest BCUT2D eigenvalue weighted by atomic mass is 10.2. The highest BCUT2D eigenvalue weighted by Crippen LogP contribution is 2.24. The highest BCUT2D eigenvalue weighted by atomic mass is 35.5. The number of nitro groups is 1. The molecule has 0 heterocycles. The van der Waals surface area contributed by atoms with E-state index in [2.05, 4.69) is 5.32 Å². The Kier molecular flexibility index (Phi) is 5.68. The van der Waals surface area contributed by atoms with E-state index in [0.29, 0.717) is 0 Å². The molecular weight excluding hydrogens is 276 g/mol. The van der Waals surface area contributed by atoms with Crippen LogP contribution in [0, 0.1) is 10.1 Å². The summed E-state index contributed by atoms with van der Waals surface area (Å²) in [6, 6.07) is 3.66. The highest BCUT2D eigenvalue weighted by Gasteiger charge is 2.15. The van der Waals surface area contributed by atoms with Crippen molar-refractivity contribution in [2.45, 2.75) is 6.10 Å². The van der Waals surface area contributed by atoms with Gasteiger partial charge in [-0.2, -0.15) is 0 Å². The average Bonchev–Trinajstić information content (AvgIpc) is 2.35. The van der Waals surface area contributed by atoms with Crippen molar-refractivity contribution in [3.05, 3.63) is 38.9 Å². The van der Waals surface area contributed by atoms with Crippen LogP contribution in [0.1, 0.15) is 10.4 Å². The van der Waals surface area contributed by atoms with Gasteiger partial charge in [-0.15, -0.1) is 0 Å². The summed E-state index contributed by atoms with van der Waals surface area (Å²) in [5.41, 5.74) is -0.0853. The molecule has 19 heavy (non-hydrogen) atoms. The minimum Gasteiger partial charge on any atom is -0.389 e. The Balaban J connectivity index is 2.68. The quantitative estimate of drug-likeness (QED) is 0.600. The predicted octanol–water partition coefficient (Wildman–Crippen LogP) is 0.985. The lowest BCUT2D eigenvalue weighted by Crippen LogP contribution is -2.34. The molecule has 0 saturated heterocycles. The van der Waals surface area contributed by atoms with Crippen molar-refractivity contribution in [2.75, 3.05) is 20.3 Å². The van der Waals surface area contributed by atoms with Crippen LogP contribution in [0.15, 0.2) is 18.2 Å². The zero-order valence-electron chi connectivity index (χ0n) is 10.1. The molecule has 0 aromatic heterocycles. The van der Waals surface area contributed by atoms with Gasteiger partial charge in [-0.1, -0.05) is 11.6 Å². The second-order valence-corrected chi connectivity index (χ2v) is 4.15. The summed E-state index contributed by atoms with van der Waals surface area (Å²) in [5.74, 6) is -0.480. The summed E-state index contributed by atoms with van der Waals surface area (Å²) in [6.07, 6.45) is -0.817. The molecule has 8 heteroatoms. The number of nitrogens with zero attached hydrogens (tertiary/aromatic N) is 1. The van der Waals surface area contributed by atoms with E-state index < -0.39 is 16.9 Å². The minimum atomic E-state index is -0.817. The Hall–Kier alpha value is -1.70. The molecule has 1 amide bonds. The second kappa shape index (κ2) is 7.03. The molecule has 2 N–H and O–H groups in total. The maximum absolute atomic E-state index is 11.7. The number of hydrogen-bond donors (Lipinski definition) is 2. The topological polar surface area (TPSA) is 102 Å². The number of hydrogen-bond acceptors (Lipinski definition) is 5. The molecule has 1 aromatic carbocycles. The van der Waals surface area contributed by atoms with Crippen molar-refractivity contribution in [2.24, 2.45) is 0 Å². The molecule has 0 saturated carbocycles. The van der Waals surface area contributed by atoms with Crippen molar-refractivity contribution in [3.8, 4) is 0 Å². The van der Waals surface area contributed by atoms with E-state index in [0.717, 1.165) is 6.07 Å². The molecule has 0 fully saturated rings. The summed E-state index contributed by atoms with van der Waals surface area (Å²) in [4.78, 5) is 21.6. The molecule has 1 atom stereocenters. The third-order valence-corrected chi connectivity index (χ3v) is 2.57. The molecule has 0 aliphatic carbocycles. The fourth-order valence-corrected chi connectivity index (χ4v) is 1.61. The van der Waals surface area contributed by atoms with Crippen molar-refractivity contribution in [3.63, 3.8) is 0 Å². The normalized spacial score (nSPS) is 11.9. The molecule has 0 bridgehead atoms. The van der Waals surface area contributed by atoms with Crippen LogP contribution in [0.5, 0.6) is 0 Å². The maximum Gasteiger partial charge on any atom is 0.287 e. The summed E-state index contributed by atoms with van der Waals surface area (Å²) in [7, 11) is 1.43. The second-order valence-electron chi connectivity index (χ2n) is 3.74. The Morgan fingerprint density at radius 2 is 2.32 bits per heavy atom. The number of carbonyl (C=O) groups excluding carboxylic acids is 1. The van der Waals surface area contributed by atoms with E-state index in [4.69, 9.17) is 16.3 Å². The number of halogens is 1. The number of amides is 1. The van der Waals surface area contributed by atoms with Gasteiger partial charge in [0.25, 0.3) is 11.6 Å². The lowest BCUT2D eigenvalue weighted by Gasteiger charge is -2.10. The minimum absolute atomic E-state index is 0.0152. The van der Waals surface area contributed by atoms with Crippen molar-refractivity contribution in [1.29, 1.82) is 0 Å². The van der Waals surface area contributed by atoms with Crippen molar-refractivity contribution < 1.29 is 19.6 Å². The van der Waals surface area contributed by atoms with Crippen LogP contribution >= 0.6 is 11.6 Å². The molecule has 7 nitrogen and oxygen atoms in total. The van der Waals surface area contributed by atoms with Gasteiger partial charge in [0.05, 0.1) is 17.6 Å². The Morgan fingerprint density at radius 3 is 2.84 bits per heavy atom. The first kappa shape index (κ1) is 15.4. The van der Waals surface area contributed by atoms with E-state index in [-0.39, 0.29) is 29.4 Å². The van der Waals surface area contributed by atoms with Gasteiger partial charge in [-0.25, -0.2) is 0 Å². The van der Waals surface area contributed by atoms with E-state index >= 15 is 0 Å². The number of aliphatic hydroxyl groups excluding tert-OH is 1. The summed E-state index contributed by atoms with van der Waals surface area (Å²) < 4.78 is 4.71. The van der Waals surface area contributed by atoms with Gasteiger partial charge in [-0.3, -0.25) is 14.9 Å². The van der Waals surface area contributed by atoms with Crippen LogP contribution in [-0.4, -0.2) is 42.3 Å². The van der Waals surface area contributed by atoms with Crippen LogP contribution in [0.25, 0.3) is 0 Å². The molecule has 0 aliphatic heterocycles. The summed E-state index contributed by atoms with van der Waals surface area (Å²) in [5, 5.41) is 22.3. The molecule has 0 spiro atoms. The monoisotopic (exact) mass is 288 g/mol. The van der Waals surface area contributed by atoms with Crippen LogP contribution in [-0.2, 0) is 4.74 Å². The van der Waals surface area contributed by atoms with Crippen LogP contribution in [0.4, 0.5) is 5.69 Å². The fourth-order valence-electron chi connectivity index (χ4n) is 1.36. The van der Waals surface area contributed by atoms with Crippen molar-refractivity contribution in [1.82, 2.24) is 5.32 Å². The zero-order chi connectivity index (χ0) is 14.4. The molecule has 0 aliphatic rings. The molecular formula is C11H13ClN2O5. The van der Waals surface area contributed by atoms with Crippen molar-refractivity contribution >= 4 is 23.2 Å². The number of methoxy groups -OCH3 is 1. The van der Waals surface area contributed by atoms with Gasteiger partial charge in [-0.05, 0) is 12.1 Å².